The van der Waals surface area contributed by atoms with Crippen LogP contribution in [0.25, 0.3) is 0 Å². The number of nitrogens with zero attached hydrogens (tertiary/aromatic N) is 2. The van der Waals surface area contributed by atoms with E-state index in [4.69, 9.17) is 22.1 Å². The van der Waals surface area contributed by atoms with E-state index in [0.717, 1.165) is 12.8 Å². The predicted molar refractivity (Wildman–Crippen MR) is 106 cm³/mol. The lowest BCUT2D eigenvalue weighted by Gasteiger charge is -2.32. The maximum atomic E-state index is 12.4. The van der Waals surface area contributed by atoms with Crippen LogP contribution in [0, 0.1) is 5.92 Å². The lowest BCUT2D eigenvalue weighted by Crippen LogP contribution is -2.45. The molecule has 0 spiro atoms. The van der Waals surface area contributed by atoms with Gasteiger partial charge in [0.05, 0.1) is 23.5 Å². The second kappa shape index (κ2) is 12.3. The SMILES string of the molecule is COC(CN)CC(=O)N1CCCC(C(=O)Nc2ccc(Cl)cn2)C1.Cl.Cl. The number of halogens is 3. The minimum atomic E-state index is -0.287. The molecule has 2 amide bonds. The van der Waals surface area contributed by atoms with Gasteiger partial charge in [0.2, 0.25) is 11.8 Å². The minimum absolute atomic E-state index is 0. The largest absolute Gasteiger partial charge is 0.380 e. The number of aromatic nitrogens is 1. The molecule has 2 rings (SSSR count). The van der Waals surface area contributed by atoms with Crippen LogP contribution in [-0.4, -0.2) is 54.5 Å². The highest BCUT2D eigenvalue weighted by atomic mass is 35.5. The third kappa shape index (κ3) is 7.25. The Bertz CT molecular complexity index is 570. The van der Waals surface area contributed by atoms with Crippen molar-refractivity contribution in [2.75, 3.05) is 32.1 Å². The Morgan fingerprint density at radius 3 is 2.77 bits per heavy atom. The fourth-order valence-electron chi connectivity index (χ4n) is 2.68. The number of likely N-dealkylation sites (tertiary alicyclic amines) is 1. The van der Waals surface area contributed by atoms with E-state index < -0.39 is 0 Å². The molecule has 1 saturated heterocycles. The quantitative estimate of drug-likeness (QED) is 0.724. The van der Waals surface area contributed by atoms with E-state index in [0.29, 0.717) is 30.5 Å². The first-order chi connectivity index (χ1) is 11.5. The summed E-state index contributed by atoms with van der Waals surface area (Å²) >= 11 is 5.78. The lowest BCUT2D eigenvalue weighted by atomic mass is 9.96. The number of pyridine rings is 1. The molecule has 2 atom stereocenters. The van der Waals surface area contributed by atoms with Gasteiger partial charge in [-0.2, -0.15) is 0 Å². The van der Waals surface area contributed by atoms with Crippen LogP contribution in [0.15, 0.2) is 18.3 Å². The van der Waals surface area contributed by atoms with Crippen molar-refractivity contribution in [3.63, 3.8) is 0 Å². The smallest absolute Gasteiger partial charge is 0.230 e. The van der Waals surface area contributed by atoms with Gasteiger partial charge in [-0.15, -0.1) is 24.8 Å². The van der Waals surface area contributed by atoms with Crippen LogP contribution < -0.4 is 11.1 Å². The molecule has 10 heteroatoms. The van der Waals surface area contributed by atoms with Gasteiger partial charge in [0, 0.05) is 32.9 Å². The molecule has 1 fully saturated rings. The zero-order valence-electron chi connectivity index (χ0n) is 14.5. The van der Waals surface area contributed by atoms with Crippen molar-refractivity contribution >= 4 is 54.0 Å². The monoisotopic (exact) mass is 426 g/mol. The van der Waals surface area contributed by atoms with Crippen LogP contribution in [0.5, 0.6) is 0 Å². The van der Waals surface area contributed by atoms with Crippen molar-refractivity contribution < 1.29 is 14.3 Å². The number of nitrogens with two attached hydrogens (primary N) is 1. The first-order valence-corrected chi connectivity index (χ1v) is 8.34. The molecule has 1 aliphatic heterocycles. The average Bonchev–Trinajstić information content (AvgIpc) is 2.61. The Kier molecular flexibility index (Phi) is 11.8. The molecule has 0 saturated carbocycles. The minimum Gasteiger partial charge on any atom is -0.380 e. The molecule has 0 bridgehead atoms. The Morgan fingerprint density at radius 1 is 1.46 bits per heavy atom. The maximum Gasteiger partial charge on any atom is 0.230 e. The molecule has 26 heavy (non-hydrogen) atoms. The number of anilines is 1. The van der Waals surface area contributed by atoms with Gasteiger partial charge in [-0.1, -0.05) is 11.6 Å². The van der Waals surface area contributed by atoms with Crippen molar-refractivity contribution in [2.45, 2.75) is 25.4 Å². The number of rotatable bonds is 6. The summed E-state index contributed by atoms with van der Waals surface area (Å²) in [4.78, 5) is 30.5. The van der Waals surface area contributed by atoms with Gasteiger partial charge >= 0.3 is 0 Å². The molecule has 0 aromatic carbocycles. The third-order valence-corrected chi connectivity index (χ3v) is 4.35. The van der Waals surface area contributed by atoms with E-state index >= 15 is 0 Å². The molecular weight excluding hydrogens is 403 g/mol. The molecule has 1 aromatic rings. The first kappa shape index (κ1) is 24.9. The van der Waals surface area contributed by atoms with Gasteiger partial charge in [0.25, 0.3) is 0 Å². The molecule has 1 aliphatic rings. The Labute approximate surface area is 170 Å². The molecule has 3 N–H and O–H groups in total. The summed E-state index contributed by atoms with van der Waals surface area (Å²) in [6.45, 7) is 1.35. The van der Waals surface area contributed by atoms with Crippen LogP contribution in [0.2, 0.25) is 5.02 Å². The predicted octanol–water partition coefficient (Wildman–Crippen LogP) is 2.12. The fourth-order valence-corrected chi connectivity index (χ4v) is 2.79. The summed E-state index contributed by atoms with van der Waals surface area (Å²) in [6, 6.07) is 3.31. The number of hydrogen-bond acceptors (Lipinski definition) is 5. The summed E-state index contributed by atoms with van der Waals surface area (Å²) in [5.41, 5.74) is 5.56. The van der Waals surface area contributed by atoms with Gasteiger partial charge in [-0.25, -0.2) is 4.98 Å². The molecule has 1 aromatic heterocycles. The van der Waals surface area contributed by atoms with Crippen LogP contribution in [0.1, 0.15) is 19.3 Å². The number of amides is 2. The van der Waals surface area contributed by atoms with Crippen LogP contribution >= 0.6 is 36.4 Å². The second-order valence-corrected chi connectivity index (χ2v) is 6.26. The Balaban J connectivity index is 0.00000312. The first-order valence-electron chi connectivity index (χ1n) is 7.96. The fraction of sp³-hybridized carbons (Fsp3) is 0.562. The van der Waals surface area contributed by atoms with Crippen LogP contribution in [0.4, 0.5) is 5.82 Å². The van der Waals surface area contributed by atoms with Crippen molar-refractivity contribution in [1.29, 1.82) is 0 Å². The number of nitrogens with one attached hydrogen (secondary N) is 1. The van der Waals surface area contributed by atoms with Gasteiger partial charge in [0.1, 0.15) is 5.82 Å². The van der Waals surface area contributed by atoms with E-state index in [2.05, 4.69) is 10.3 Å². The van der Waals surface area contributed by atoms with Gasteiger partial charge in [-0.05, 0) is 25.0 Å². The van der Waals surface area contributed by atoms with Crippen molar-refractivity contribution in [1.82, 2.24) is 9.88 Å². The highest BCUT2D eigenvalue weighted by Crippen LogP contribution is 2.20. The number of methoxy groups -OCH3 is 1. The lowest BCUT2D eigenvalue weighted by molar-refractivity contribution is -0.136. The van der Waals surface area contributed by atoms with E-state index in [1.165, 1.54) is 13.3 Å². The summed E-state index contributed by atoms with van der Waals surface area (Å²) < 4.78 is 5.15. The highest BCUT2D eigenvalue weighted by Gasteiger charge is 2.29. The van der Waals surface area contributed by atoms with E-state index in [9.17, 15) is 9.59 Å². The number of hydrogen-bond donors (Lipinski definition) is 2. The number of piperidine rings is 1. The molecule has 0 aliphatic carbocycles. The maximum absolute atomic E-state index is 12.4. The zero-order valence-corrected chi connectivity index (χ0v) is 16.9. The normalized spacial score (nSPS) is 17.5. The Morgan fingerprint density at radius 2 is 2.19 bits per heavy atom. The average molecular weight is 428 g/mol. The molecule has 148 valence electrons. The van der Waals surface area contributed by atoms with E-state index in [1.54, 1.807) is 17.0 Å². The van der Waals surface area contributed by atoms with Gasteiger partial charge < -0.3 is 20.7 Å². The standard InChI is InChI=1S/C16H23ClN4O3.2ClH/c1-24-13(8-18)7-15(22)21-6-2-3-11(10-21)16(23)20-14-5-4-12(17)9-19-14;;/h4-5,9,11,13H,2-3,6-8,10,18H2,1H3,(H,19,20,23);2*1H. The summed E-state index contributed by atoms with van der Waals surface area (Å²) in [5, 5.41) is 3.28. The van der Waals surface area contributed by atoms with Crippen molar-refractivity contribution in [3.8, 4) is 0 Å². The van der Waals surface area contributed by atoms with Crippen LogP contribution in [0.3, 0.4) is 0 Å². The third-order valence-electron chi connectivity index (χ3n) is 4.12. The van der Waals surface area contributed by atoms with Gasteiger partial charge in [-0.3, -0.25) is 9.59 Å². The second-order valence-electron chi connectivity index (χ2n) is 5.83. The highest BCUT2D eigenvalue weighted by molar-refractivity contribution is 6.30. The summed E-state index contributed by atoms with van der Waals surface area (Å²) in [5.74, 6) is 0.0355. The molecule has 0 radical (unpaired) electrons. The van der Waals surface area contributed by atoms with E-state index in [-0.39, 0.29) is 55.1 Å². The molecule has 7 nitrogen and oxygen atoms in total. The van der Waals surface area contributed by atoms with E-state index in [1.807, 2.05) is 0 Å². The molecule has 2 unspecified atom stereocenters. The zero-order chi connectivity index (χ0) is 17.5. The Hall–Kier alpha value is -1.12. The summed E-state index contributed by atoms with van der Waals surface area (Å²) in [7, 11) is 1.54. The number of carbonyl (C=O) groups excluding carboxylic acids is 2. The van der Waals surface area contributed by atoms with Crippen molar-refractivity contribution in [2.24, 2.45) is 11.7 Å². The number of ether oxygens (including phenoxy) is 1. The topological polar surface area (TPSA) is 97.5 Å². The molecule has 2 heterocycles. The van der Waals surface area contributed by atoms with Gasteiger partial charge in [0.15, 0.2) is 0 Å². The van der Waals surface area contributed by atoms with Crippen LogP contribution in [-0.2, 0) is 14.3 Å². The molecular formula is C16H25Cl3N4O3. The van der Waals surface area contributed by atoms with Crippen molar-refractivity contribution in [3.05, 3.63) is 23.4 Å². The number of carbonyl (C=O) groups is 2. The summed E-state index contributed by atoms with van der Waals surface area (Å²) in [6.07, 6.45) is 2.96.